The number of hydrogen-bond acceptors (Lipinski definition) is 6. The van der Waals surface area contributed by atoms with Crippen molar-refractivity contribution in [2.75, 3.05) is 17.2 Å². The molecule has 8 heteroatoms. The van der Waals surface area contributed by atoms with E-state index in [0.717, 1.165) is 5.56 Å². The standard InChI is InChI=1S/C19H25FN6O/c1-4-14(11-27)22-19-24-16(21-10-13-8-6-5-7-9-13)15-17(25-19)26(12(2)3)18(20)23-15/h5-9,12,14,27H,4,10-11H2,1-3H3,(H2,21,22,24,25). The average molecular weight is 372 g/mol. The van der Waals surface area contributed by atoms with E-state index in [9.17, 15) is 9.50 Å². The Kier molecular flexibility index (Phi) is 5.85. The first-order valence-electron chi connectivity index (χ1n) is 9.14. The fourth-order valence-electron chi connectivity index (χ4n) is 2.83. The zero-order valence-electron chi connectivity index (χ0n) is 15.8. The minimum atomic E-state index is -0.594. The molecule has 0 fully saturated rings. The Balaban J connectivity index is 2.02. The molecule has 0 aliphatic heterocycles. The topological polar surface area (TPSA) is 87.9 Å². The Morgan fingerprint density at radius 1 is 1.15 bits per heavy atom. The molecule has 3 aromatic rings. The first kappa shape index (κ1) is 19.0. The van der Waals surface area contributed by atoms with E-state index in [1.807, 2.05) is 51.1 Å². The second-order valence-corrected chi connectivity index (χ2v) is 6.68. The summed E-state index contributed by atoms with van der Waals surface area (Å²) < 4.78 is 15.9. The molecule has 2 aromatic heterocycles. The predicted octanol–water partition coefficient (Wildman–Crippen LogP) is 3.34. The lowest BCUT2D eigenvalue weighted by Crippen LogP contribution is -2.24. The van der Waals surface area contributed by atoms with Crippen LogP contribution in [-0.2, 0) is 6.54 Å². The maximum absolute atomic E-state index is 14.4. The van der Waals surface area contributed by atoms with Crippen LogP contribution < -0.4 is 10.6 Å². The van der Waals surface area contributed by atoms with Crippen LogP contribution in [0.5, 0.6) is 0 Å². The van der Waals surface area contributed by atoms with Gasteiger partial charge in [-0.25, -0.2) is 0 Å². The number of nitrogens with one attached hydrogen (secondary N) is 2. The minimum absolute atomic E-state index is 0.0392. The van der Waals surface area contributed by atoms with Crippen LogP contribution in [0.3, 0.4) is 0 Å². The Morgan fingerprint density at radius 2 is 1.89 bits per heavy atom. The number of imidazole rings is 1. The number of halogens is 1. The van der Waals surface area contributed by atoms with Crippen molar-refractivity contribution in [3.8, 4) is 0 Å². The fourth-order valence-corrected chi connectivity index (χ4v) is 2.83. The lowest BCUT2D eigenvalue weighted by Gasteiger charge is -2.16. The van der Waals surface area contributed by atoms with Gasteiger partial charge in [0.25, 0.3) is 6.08 Å². The summed E-state index contributed by atoms with van der Waals surface area (Å²) in [5.74, 6) is 0.790. The van der Waals surface area contributed by atoms with Crippen LogP contribution in [0.1, 0.15) is 38.8 Å². The van der Waals surface area contributed by atoms with E-state index in [-0.39, 0.29) is 18.7 Å². The van der Waals surface area contributed by atoms with Crippen LogP contribution in [0.2, 0.25) is 0 Å². The molecule has 1 unspecified atom stereocenters. The Bertz CT molecular complexity index is 892. The summed E-state index contributed by atoms with van der Waals surface area (Å²) in [6.45, 7) is 6.19. The highest BCUT2D eigenvalue weighted by Gasteiger charge is 2.20. The van der Waals surface area contributed by atoms with E-state index in [1.54, 1.807) is 0 Å². The summed E-state index contributed by atoms with van der Waals surface area (Å²) in [4.78, 5) is 13.0. The van der Waals surface area contributed by atoms with Crippen LogP contribution in [-0.4, -0.2) is 37.3 Å². The van der Waals surface area contributed by atoms with E-state index in [1.165, 1.54) is 4.57 Å². The number of rotatable bonds is 8. The Morgan fingerprint density at radius 3 is 2.52 bits per heavy atom. The SMILES string of the molecule is CCC(CO)Nc1nc(NCc2ccccc2)c2nc(F)n(C(C)C)c2n1. The van der Waals surface area contributed by atoms with Gasteiger partial charge in [-0.2, -0.15) is 19.3 Å². The minimum Gasteiger partial charge on any atom is -0.394 e. The molecule has 0 saturated heterocycles. The Labute approximate surface area is 157 Å². The van der Waals surface area contributed by atoms with Crippen LogP contribution in [0.15, 0.2) is 30.3 Å². The number of aliphatic hydroxyl groups excluding tert-OH is 1. The molecule has 3 N–H and O–H groups in total. The number of fused-ring (bicyclic) bond motifs is 1. The van der Waals surface area contributed by atoms with Crippen LogP contribution in [0.4, 0.5) is 16.2 Å². The smallest absolute Gasteiger partial charge is 0.291 e. The van der Waals surface area contributed by atoms with Gasteiger partial charge < -0.3 is 15.7 Å². The monoisotopic (exact) mass is 372 g/mol. The van der Waals surface area contributed by atoms with Gasteiger partial charge in [-0.15, -0.1) is 0 Å². The van der Waals surface area contributed by atoms with Crippen LogP contribution in [0.25, 0.3) is 11.2 Å². The van der Waals surface area contributed by atoms with Gasteiger partial charge in [-0.3, -0.25) is 4.57 Å². The van der Waals surface area contributed by atoms with Crippen molar-refractivity contribution >= 4 is 22.9 Å². The molecule has 1 aromatic carbocycles. The lowest BCUT2D eigenvalue weighted by molar-refractivity contribution is 0.271. The van der Waals surface area contributed by atoms with Gasteiger partial charge in [0.1, 0.15) is 0 Å². The molecule has 0 bridgehead atoms. The molecular weight excluding hydrogens is 347 g/mol. The van der Waals surface area contributed by atoms with Crippen molar-refractivity contribution < 1.29 is 9.50 Å². The van der Waals surface area contributed by atoms with Crippen LogP contribution >= 0.6 is 0 Å². The highest BCUT2D eigenvalue weighted by Crippen LogP contribution is 2.26. The van der Waals surface area contributed by atoms with Gasteiger partial charge in [-0.1, -0.05) is 37.3 Å². The second kappa shape index (κ2) is 8.30. The second-order valence-electron chi connectivity index (χ2n) is 6.68. The zero-order chi connectivity index (χ0) is 19.4. The average Bonchev–Trinajstić information content (AvgIpc) is 3.01. The van der Waals surface area contributed by atoms with E-state index in [0.29, 0.717) is 35.9 Å². The van der Waals surface area contributed by atoms with Crippen molar-refractivity contribution in [3.63, 3.8) is 0 Å². The molecule has 0 aliphatic rings. The summed E-state index contributed by atoms with van der Waals surface area (Å²) in [7, 11) is 0. The molecule has 2 heterocycles. The van der Waals surface area contributed by atoms with Crippen molar-refractivity contribution in [1.29, 1.82) is 0 Å². The van der Waals surface area contributed by atoms with E-state index < -0.39 is 6.08 Å². The molecule has 0 amide bonds. The maximum Gasteiger partial charge on any atom is 0.291 e. The Hall–Kier alpha value is -2.74. The summed E-state index contributed by atoms with van der Waals surface area (Å²) in [5.41, 5.74) is 1.88. The van der Waals surface area contributed by atoms with Crippen molar-refractivity contribution in [3.05, 3.63) is 42.0 Å². The quantitative estimate of drug-likeness (QED) is 0.526. The third-order valence-corrected chi connectivity index (χ3v) is 4.36. The normalized spacial score (nSPS) is 12.5. The number of benzene rings is 1. The van der Waals surface area contributed by atoms with E-state index >= 15 is 0 Å². The number of anilines is 2. The molecule has 7 nitrogen and oxygen atoms in total. The molecule has 27 heavy (non-hydrogen) atoms. The van der Waals surface area contributed by atoms with Gasteiger partial charge in [0, 0.05) is 12.6 Å². The van der Waals surface area contributed by atoms with Gasteiger partial charge in [0.05, 0.1) is 12.6 Å². The van der Waals surface area contributed by atoms with Gasteiger partial charge in [0.15, 0.2) is 17.0 Å². The molecule has 1 atom stereocenters. The molecule has 0 radical (unpaired) electrons. The predicted molar refractivity (Wildman–Crippen MR) is 104 cm³/mol. The summed E-state index contributed by atoms with van der Waals surface area (Å²) in [5, 5.41) is 15.8. The third kappa shape index (κ3) is 4.16. The highest BCUT2D eigenvalue weighted by atomic mass is 19.1. The first-order valence-corrected chi connectivity index (χ1v) is 9.14. The molecule has 0 aliphatic carbocycles. The molecule has 144 valence electrons. The zero-order valence-corrected chi connectivity index (χ0v) is 15.8. The van der Waals surface area contributed by atoms with E-state index in [4.69, 9.17) is 0 Å². The van der Waals surface area contributed by atoms with Crippen molar-refractivity contribution in [1.82, 2.24) is 19.5 Å². The van der Waals surface area contributed by atoms with Gasteiger partial charge in [-0.05, 0) is 25.8 Å². The summed E-state index contributed by atoms with van der Waals surface area (Å²) >= 11 is 0. The van der Waals surface area contributed by atoms with Gasteiger partial charge in [0.2, 0.25) is 5.95 Å². The maximum atomic E-state index is 14.4. The number of hydrogen-bond donors (Lipinski definition) is 3. The third-order valence-electron chi connectivity index (χ3n) is 4.36. The fraction of sp³-hybridized carbons (Fsp3) is 0.421. The number of nitrogens with zero attached hydrogens (tertiary/aromatic N) is 4. The summed E-state index contributed by atoms with van der Waals surface area (Å²) in [6.07, 6.45) is 0.117. The molecule has 3 rings (SSSR count). The van der Waals surface area contributed by atoms with Crippen molar-refractivity contribution in [2.45, 2.75) is 45.8 Å². The largest absolute Gasteiger partial charge is 0.394 e. The van der Waals surface area contributed by atoms with Crippen molar-refractivity contribution in [2.24, 2.45) is 0 Å². The van der Waals surface area contributed by atoms with E-state index in [2.05, 4.69) is 25.6 Å². The first-order chi connectivity index (χ1) is 13.0. The highest BCUT2D eigenvalue weighted by molar-refractivity contribution is 5.84. The van der Waals surface area contributed by atoms with Gasteiger partial charge >= 0.3 is 0 Å². The molecular formula is C19H25FN6O. The number of aliphatic hydroxyl groups is 1. The number of aromatic nitrogens is 4. The van der Waals surface area contributed by atoms with Crippen LogP contribution in [0, 0.1) is 6.08 Å². The summed E-state index contributed by atoms with van der Waals surface area (Å²) in [6, 6.07) is 9.55. The molecule has 0 saturated carbocycles. The molecule has 0 spiro atoms. The lowest BCUT2D eigenvalue weighted by atomic mass is 10.2.